The molecule has 1 rings (SSSR count). The lowest BCUT2D eigenvalue weighted by Crippen LogP contribution is -2.33. The van der Waals surface area contributed by atoms with Gasteiger partial charge in [-0.25, -0.2) is 13.1 Å². The molecule has 0 aliphatic heterocycles. The van der Waals surface area contributed by atoms with Gasteiger partial charge in [-0.1, -0.05) is 13.8 Å². The molecule has 6 heteroatoms. The summed E-state index contributed by atoms with van der Waals surface area (Å²) in [7, 11) is -1.84. The Morgan fingerprint density at radius 3 is 2.56 bits per heavy atom. The predicted molar refractivity (Wildman–Crippen MR) is 73.0 cm³/mol. The van der Waals surface area contributed by atoms with Gasteiger partial charge >= 0.3 is 0 Å². The monoisotopic (exact) mass is 271 g/mol. The first-order chi connectivity index (χ1) is 8.36. The molecule has 0 amide bonds. The van der Waals surface area contributed by atoms with Crippen LogP contribution in [0.1, 0.15) is 27.2 Å². The summed E-state index contributed by atoms with van der Waals surface area (Å²) in [6.07, 6.45) is 3.72. The normalized spacial score (nSPS) is 13.6. The second-order valence-electron chi connectivity index (χ2n) is 4.77. The van der Waals surface area contributed by atoms with Crippen LogP contribution < -0.4 is 10.0 Å². The number of rotatable bonds is 6. The second-order valence-corrected chi connectivity index (χ2v) is 6.46. The zero-order valence-electron chi connectivity index (χ0n) is 11.3. The molecule has 1 heterocycles. The molecule has 0 bridgehead atoms. The first-order valence-corrected chi connectivity index (χ1v) is 7.49. The molecule has 0 aromatic carbocycles. The van der Waals surface area contributed by atoms with Gasteiger partial charge in [0.2, 0.25) is 10.0 Å². The summed E-state index contributed by atoms with van der Waals surface area (Å²) in [5, 5.41) is 2.86. The van der Waals surface area contributed by atoms with Crippen LogP contribution in [0.2, 0.25) is 0 Å². The van der Waals surface area contributed by atoms with Crippen molar-refractivity contribution in [2.45, 2.75) is 38.1 Å². The van der Waals surface area contributed by atoms with Gasteiger partial charge in [0.05, 0.1) is 5.69 Å². The minimum absolute atomic E-state index is 0.0973. The van der Waals surface area contributed by atoms with Gasteiger partial charge < -0.3 is 5.32 Å². The minimum atomic E-state index is -3.52. The van der Waals surface area contributed by atoms with Gasteiger partial charge in [0.15, 0.2) is 0 Å². The highest BCUT2D eigenvalue weighted by Crippen LogP contribution is 2.19. The van der Waals surface area contributed by atoms with Gasteiger partial charge in [-0.2, -0.15) is 0 Å². The summed E-state index contributed by atoms with van der Waals surface area (Å²) in [5.74, 6) is 0.445. The minimum Gasteiger partial charge on any atom is -0.387 e. The second kappa shape index (κ2) is 6.15. The summed E-state index contributed by atoms with van der Waals surface area (Å²) in [6.45, 7) is 5.99. The molecule has 2 N–H and O–H groups in total. The lowest BCUT2D eigenvalue weighted by Gasteiger charge is -2.17. The van der Waals surface area contributed by atoms with Crippen LogP contribution in [0.3, 0.4) is 0 Å². The van der Waals surface area contributed by atoms with Crippen LogP contribution in [0.25, 0.3) is 0 Å². The highest BCUT2D eigenvalue weighted by atomic mass is 32.2. The van der Waals surface area contributed by atoms with Crippen LogP contribution in [0.5, 0.6) is 0 Å². The number of nitrogens with zero attached hydrogens (tertiary/aromatic N) is 1. The maximum atomic E-state index is 12.2. The molecule has 5 nitrogen and oxygen atoms in total. The van der Waals surface area contributed by atoms with Crippen molar-refractivity contribution in [1.29, 1.82) is 0 Å². The van der Waals surface area contributed by atoms with E-state index < -0.39 is 10.0 Å². The third-order valence-electron chi connectivity index (χ3n) is 2.52. The van der Waals surface area contributed by atoms with Crippen molar-refractivity contribution in [2.24, 2.45) is 5.92 Å². The zero-order chi connectivity index (χ0) is 13.8. The molecule has 0 fully saturated rings. The van der Waals surface area contributed by atoms with Crippen LogP contribution in [0, 0.1) is 5.92 Å². The Labute approximate surface area is 109 Å². The number of anilines is 1. The fraction of sp³-hybridized carbons (Fsp3) is 0.583. The molecular weight excluding hydrogens is 250 g/mol. The summed E-state index contributed by atoms with van der Waals surface area (Å²) in [5.41, 5.74) is 0.550. The lowest BCUT2D eigenvalue weighted by molar-refractivity contribution is 0.482. The Bertz CT molecular complexity index is 486. The number of sulfonamides is 1. The van der Waals surface area contributed by atoms with Crippen LogP contribution in [-0.2, 0) is 10.0 Å². The van der Waals surface area contributed by atoms with E-state index in [0.29, 0.717) is 11.6 Å². The zero-order valence-corrected chi connectivity index (χ0v) is 12.1. The Hall–Kier alpha value is -1.14. The molecule has 0 saturated carbocycles. The molecule has 0 aliphatic carbocycles. The van der Waals surface area contributed by atoms with Crippen LogP contribution >= 0.6 is 0 Å². The number of nitrogens with one attached hydrogen (secondary N) is 2. The van der Waals surface area contributed by atoms with E-state index >= 15 is 0 Å². The quantitative estimate of drug-likeness (QED) is 0.828. The van der Waals surface area contributed by atoms with Crippen LogP contribution in [0.15, 0.2) is 23.4 Å². The summed E-state index contributed by atoms with van der Waals surface area (Å²) < 4.78 is 27.1. The molecular formula is C12H21N3O2S. The molecule has 18 heavy (non-hydrogen) atoms. The Kier molecular flexibility index (Phi) is 5.10. The third-order valence-corrected chi connectivity index (χ3v) is 4.14. The van der Waals surface area contributed by atoms with E-state index in [0.717, 1.165) is 6.42 Å². The number of hydrogen-bond donors (Lipinski definition) is 2. The average molecular weight is 271 g/mol. The molecule has 0 aliphatic rings. The molecule has 0 saturated heterocycles. The summed E-state index contributed by atoms with van der Waals surface area (Å²) >= 11 is 0. The van der Waals surface area contributed by atoms with E-state index in [-0.39, 0.29) is 10.9 Å². The van der Waals surface area contributed by atoms with Crippen molar-refractivity contribution in [2.75, 3.05) is 12.4 Å². The molecule has 1 unspecified atom stereocenters. The number of aromatic nitrogens is 1. The molecule has 1 aromatic rings. The van der Waals surface area contributed by atoms with E-state index in [2.05, 4.69) is 28.9 Å². The fourth-order valence-electron chi connectivity index (χ4n) is 1.88. The van der Waals surface area contributed by atoms with E-state index in [9.17, 15) is 8.42 Å². The summed E-state index contributed by atoms with van der Waals surface area (Å²) in [4.78, 5) is 4.05. The Balaban J connectivity index is 2.93. The van der Waals surface area contributed by atoms with Crippen molar-refractivity contribution in [3.63, 3.8) is 0 Å². The smallest absolute Gasteiger partial charge is 0.244 e. The molecule has 1 aromatic heterocycles. The van der Waals surface area contributed by atoms with Crippen molar-refractivity contribution in [3.05, 3.63) is 18.5 Å². The van der Waals surface area contributed by atoms with Gasteiger partial charge in [0, 0.05) is 25.5 Å². The van der Waals surface area contributed by atoms with Crippen molar-refractivity contribution in [1.82, 2.24) is 9.71 Å². The topological polar surface area (TPSA) is 71.1 Å². The maximum absolute atomic E-state index is 12.2. The van der Waals surface area contributed by atoms with E-state index in [1.807, 2.05) is 6.92 Å². The molecule has 0 radical (unpaired) electrons. The standard InChI is InChI=1S/C12H21N3O2S/c1-9(2)7-10(3)15-18(16,17)12-8-14-6-5-11(12)13-4/h5-6,8-10,15H,7H2,1-4H3,(H,13,14). The van der Waals surface area contributed by atoms with Gasteiger partial charge in [-0.05, 0) is 25.3 Å². The Morgan fingerprint density at radius 2 is 2.00 bits per heavy atom. The molecule has 1 atom stereocenters. The molecule has 0 spiro atoms. The van der Waals surface area contributed by atoms with Gasteiger partial charge in [-0.3, -0.25) is 4.98 Å². The number of pyridine rings is 1. The third kappa shape index (κ3) is 3.96. The van der Waals surface area contributed by atoms with Gasteiger partial charge in [-0.15, -0.1) is 0 Å². The van der Waals surface area contributed by atoms with Gasteiger partial charge in [0.1, 0.15) is 4.90 Å². The van der Waals surface area contributed by atoms with Crippen molar-refractivity contribution in [3.8, 4) is 0 Å². The van der Waals surface area contributed by atoms with E-state index in [1.165, 1.54) is 6.20 Å². The van der Waals surface area contributed by atoms with E-state index in [4.69, 9.17) is 0 Å². The largest absolute Gasteiger partial charge is 0.387 e. The van der Waals surface area contributed by atoms with Crippen LogP contribution in [0.4, 0.5) is 5.69 Å². The summed E-state index contributed by atoms with van der Waals surface area (Å²) in [6, 6.07) is 1.54. The van der Waals surface area contributed by atoms with E-state index in [1.54, 1.807) is 19.3 Å². The van der Waals surface area contributed by atoms with Gasteiger partial charge in [0.25, 0.3) is 0 Å². The Morgan fingerprint density at radius 1 is 1.33 bits per heavy atom. The number of hydrogen-bond acceptors (Lipinski definition) is 4. The fourth-order valence-corrected chi connectivity index (χ4v) is 3.30. The maximum Gasteiger partial charge on any atom is 0.244 e. The van der Waals surface area contributed by atoms with Crippen molar-refractivity contribution >= 4 is 15.7 Å². The SMILES string of the molecule is CNc1ccncc1S(=O)(=O)NC(C)CC(C)C. The average Bonchev–Trinajstić information content (AvgIpc) is 2.27. The highest BCUT2D eigenvalue weighted by molar-refractivity contribution is 7.89. The molecule has 102 valence electrons. The first-order valence-electron chi connectivity index (χ1n) is 6.01. The van der Waals surface area contributed by atoms with Crippen LogP contribution in [-0.4, -0.2) is 26.5 Å². The predicted octanol–water partition coefficient (Wildman–Crippen LogP) is 1.84. The van der Waals surface area contributed by atoms with Crippen molar-refractivity contribution < 1.29 is 8.42 Å². The lowest BCUT2D eigenvalue weighted by atomic mass is 10.1. The highest BCUT2D eigenvalue weighted by Gasteiger charge is 2.21. The first kappa shape index (κ1) is 14.9.